The number of hydrogen-bond donors (Lipinski definition) is 2. The first-order chi connectivity index (χ1) is 8.69. The van der Waals surface area contributed by atoms with E-state index in [-0.39, 0.29) is 0 Å². The molecule has 0 aliphatic rings. The Balaban J connectivity index is 1.93. The summed E-state index contributed by atoms with van der Waals surface area (Å²) in [5, 5.41) is 2.71. The van der Waals surface area contributed by atoms with Crippen LogP contribution in [0.5, 0.6) is 0 Å². The van der Waals surface area contributed by atoms with Gasteiger partial charge >= 0.3 is 0 Å². The van der Waals surface area contributed by atoms with E-state index in [1.165, 1.54) is 26.7 Å². The van der Waals surface area contributed by atoms with Crippen LogP contribution in [-0.4, -0.2) is 11.5 Å². The summed E-state index contributed by atoms with van der Waals surface area (Å²) in [5.74, 6) is 0. The molecule has 18 heavy (non-hydrogen) atoms. The molecule has 0 bridgehead atoms. The SMILES string of the molecule is Cc1cc(CCc2csc(N)n2)sc1CCCN. The Morgan fingerprint density at radius 3 is 2.78 bits per heavy atom. The van der Waals surface area contributed by atoms with Gasteiger partial charge in [0.15, 0.2) is 5.13 Å². The maximum absolute atomic E-state index is 5.63. The number of nitrogen functional groups attached to an aromatic ring is 1. The van der Waals surface area contributed by atoms with E-state index < -0.39 is 0 Å². The molecule has 0 aliphatic heterocycles. The van der Waals surface area contributed by atoms with Crippen LogP contribution in [0.2, 0.25) is 0 Å². The molecule has 2 rings (SSSR count). The van der Waals surface area contributed by atoms with Gasteiger partial charge in [0, 0.05) is 15.1 Å². The minimum atomic E-state index is 0.663. The van der Waals surface area contributed by atoms with Crippen LogP contribution in [0, 0.1) is 6.92 Å². The van der Waals surface area contributed by atoms with Gasteiger partial charge in [-0.1, -0.05) is 0 Å². The van der Waals surface area contributed by atoms with Gasteiger partial charge in [-0.3, -0.25) is 0 Å². The van der Waals surface area contributed by atoms with Gasteiger partial charge < -0.3 is 11.5 Å². The monoisotopic (exact) mass is 281 g/mol. The topological polar surface area (TPSA) is 64.9 Å². The summed E-state index contributed by atoms with van der Waals surface area (Å²) in [7, 11) is 0. The fraction of sp³-hybridized carbons (Fsp3) is 0.462. The molecule has 0 spiro atoms. The summed E-state index contributed by atoms with van der Waals surface area (Å²) in [4.78, 5) is 7.21. The molecule has 0 unspecified atom stereocenters. The van der Waals surface area contributed by atoms with Crippen molar-refractivity contribution < 1.29 is 0 Å². The number of anilines is 1. The van der Waals surface area contributed by atoms with Crippen molar-refractivity contribution >= 4 is 27.8 Å². The van der Waals surface area contributed by atoms with E-state index in [0.29, 0.717) is 5.13 Å². The number of hydrogen-bond acceptors (Lipinski definition) is 5. The fourth-order valence-corrected chi connectivity index (χ4v) is 3.73. The van der Waals surface area contributed by atoms with Crippen LogP contribution >= 0.6 is 22.7 Å². The van der Waals surface area contributed by atoms with Crippen LogP contribution in [-0.2, 0) is 19.3 Å². The zero-order valence-electron chi connectivity index (χ0n) is 10.6. The third-order valence-corrected chi connectivity index (χ3v) is 4.96. The lowest BCUT2D eigenvalue weighted by molar-refractivity contribution is 0.839. The molecule has 3 nitrogen and oxygen atoms in total. The number of thiazole rings is 1. The first kappa shape index (κ1) is 13.5. The van der Waals surface area contributed by atoms with Gasteiger partial charge in [-0.05, 0) is 50.8 Å². The van der Waals surface area contributed by atoms with Crippen molar-refractivity contribution in [2.24, 2.45) is 5.73 Å². The predicted octanol–water partition coefficient (Wildman–Crippen LogP) is 2.77. The minimum absolute atomic E-state index is 0.663. The summed E-state index contributed by atoms with van der Waals surface area (Å²) in [6.07, 6.45) is 4.21. The average Bonchev–Trinajstić information content (AvgIpc) is 2.91. The molecule has 0 aromatic carbocycles. The Labute approximate surface area is 116 Å². The second-order valence-corrected chi connectivity index (χ2v) is 6.50. The summed E-state index contributed by atoms with van der Waals surface area (Å²) in [6.45, 7) is 2.96. The lowest BCUT2D eigenvalue weighted by Crippen LogP contribution is -1.99. The summed E-state index contributed by atoms with van der Waals surface area (Å²) in [6, 6.07) is 2.30. The Kier molecular flexibility index (Phi) is 4.74. The summed E-state index contributed by atoms with van der Waals surface area (Å²) in [5.41, 5.74) is 13.7. The van der Waals surface area contributed by atoms with Crippen molar-refractivity contribution in [2.45, 2.75) is 32.6 Å². The van der Waals surface area contributed by atoms with Gasteiger partial charge in [0.1, 0.15) is 0 Å². The number of aryl methyl sites for hydroxylation is 4. The standard InChI is InChI=1S/C13H19N3S2/c1-9-7-11(18-12(9)3-2-6-14)5-4-10-8-17-13(15)16-10/h7-8H,2-6,14H2,1H3,(H2,15,16). The maximum atomic E-state index is 5.63. The largest absolute Gasteiger partial charge is 0.375 e. The molecule has 0 atom stereocenters. The highest BCUT2D eigenvalue weighted by Gasteiger charge is 2.06. The molecule has 2 aromatic heterocycles. The predicted molar refractivity (Wildman–Crippen MR) is 80.4 cm³/mol. The second kappa shape index (κ2) is 6.31. The normalized spacial score (nSPS) is 11.0. The van der Waals surface area contributed by atoms with Crippen LogP contribution < -0.4 is 11.5 Å². The molecule has 0 saturated heterocycles. The highest BCUT2D eigenvalue weighted by molar-refractivity contribution is 7.13. The highest BCUT2D eigenvalue weighted by Crippen LogP contribution is 2.24. The lowest BCUT2D eigenvalue weighted by atomic mass is 10.1. The van der Waals surface area contributed by atoms with Crippen molar-refractivity contribution in [3.05, 3.63) is 32.5 Å². The Morgan fingerprint density at radius 1 is 1.28 bits per heavy atom. The Hall–Kier alpha value is -0.910. The van der Waals surface area contributed by atoms with E-state index in [9.17, 15) is 0 Å². The van der Waals surface area contributed by atoms with Crippen LogP contribution in [0.25, 0.3) is 0 Å². The van der Waals surface area contributed by atoms with Gasteiger partial charge in [0.25, 0.3) is 0 Å². The van der Waals surface area contributed by atoms with E-state index in [4.69, 9.17) is 11.5 Å². The fourth-order valence-electron chi connectivity index (χ4n) is 1.91. The van der Waals surface area contributed by atoms with Crippen LogP contribution in [0.15, 0.2) is 11.4 Å². The molecule has 98 valence electrons. The highest BCUT2D eigenvalue weighted by atomic mass is 32.1. The molecule has 0 fully saturated rings. The van der Waals surface area contributed by atoms with Crippen LogP contribution in [0.1, 0.15) is 27.4 Å². The number of thiophene rings is 1. The molecule has 0 aliphatic carbocycles. The van der Waals surface area contributed by atoms with Gasteiger partial charge in [-0.2, -0.15) is 0 Å². The van der Waals surface area contributed by atoms with Gasteiger partial charge in [-0.25, -0.2) is 4.98 Å². The van der Waals surface area contributed by atoms with Crippen LogP contribution in [0.4, 0.5) is 5.13 Å². The van der Waals surface area contributed by atoms with E-state index in [2.05, 4.69) is 18.0 Å². The first-order valence-electron chi connectivity index (χ1n) is 6.17. The summed E-state index contributed by atoms with van der Waals surface area (Å²) >= 11 is 3.43. The lowest BCUT2D eigenvalue weighted by Gasteiger charge is -1.96. The zero-order chi connectivity index (χ0) is 13.0. The molecule has 4 N–H and O–H groups in total. The van der Waals surface area contributed by atoms with Gasteiger partial charge in [0.05, 0.1) is 5.69 Å². The molecule has 5 heteroatoms. The van der Waals surface area contributed by atoms with Crippen LogP contribution in [0.3, 0.4) is 0 Å². The Bertz CT molecular complexity index is 502. The van der Waals surface area contributed by atoms with Crippen molar-refractivity contribution in [1.29, 1.82) is 0 Å². The first-order valence-corrected chi connectivity index (χ1v) is 7.87. The third kappa shape index (κ3) is 3.54. The number of rotatable bonds is 6. The molecule has 2 aromatic rings. The van der Waals surface area contributed by atoms with E-state index in [1.807, 2.05) is 16.7 Å². The third-order valence-electron chi connectivity index (χ3n) is 2.88. The van der Waals surface area contributed by atoms with Gasteiger partial charge in [-0.15, -0.1) is 22.7 Å². The van der Waals surface area contributed by atoms with Gasteiger partial charge in [0.2, 0.25) is 0 Å². The van der Waals surface area contributed by atoms with Crippen molar-refractivity contribution in [1.82, 2.24) is 4.98 Å². The molecule has 0 saturated carbocycles. The average molecular weight is 281 g/mol. The molecular formula is C13H19N3S2. The number of nitrogens with zero attached hydrogens (tertiary/aromatic N) is 1. The van der Waals surface area contributed by atoms with Crippen molar-refractivity contribution in [3.63, 3.8) is 0 Å². The number of aromatic nitrogens is 1. The van der Waals surface area contributed by atoms with Crippen molar-refractivity contribution in [2.75, 3.05) is 12.3 Å². The molecular weight excluding hydrogens is 262 g/mol. The van der Waals surface area contributed by atoms with E-state index in [1.54, 1.807) is 0 Å². The summed E-state index contributed by atoms with van der Waals surface area (Å²) < 4.78 is 0. The van der Waals surface area contributed by atoms with E-state index in [0.717, 1.165) is 37.9 Å². The maximum Gasteiger partial charge on any atom is 0.180 e. The second-order valence-electron chi connectivity index (χ2n) is 4.39. The number of nitrogens with two attached hydrogens (primary N) is 2. The minimum Gasteiger partial charge on any atom is -0.375 e. The van der Waals surface area contributed by atoms with Crippen molar-refractivity contribution in [3.8, 4) is 0 Å². The Morgan fingerprint density at radius 2 is 2.11 bits per heavy atom. The smallest absolute Gasteiger partial charge is 0.180 e. The quantitative estimate of drug-likeness (QED) is 0.855. The molecule has 0 radical (unpaired) electrons. The molecule has 0 amide bonds. The molecule has 2 heterocycles. The van der Waals surface area contributed by atoms with E-state index >= 15 is 0 Å². The zero-order valence-corrected chi connectivity index (χ0v) is 12.2.